The molecular weight excluding hydrogens is 284 g/mol. The Morgan fingerprint density at radius 2 is 1.95 bits per heavy atom. The number of aryl methyl sites for hydroxylation is 2. The highest BCUT2D eigenvalue weighted by Gasteiger charge is 2.13. The number of nitrogens with zero attached hydrogens (tertiary/aromatic N) is 2. The van der Waals surface area contributed by atoms with E-state index in [-0.39, 0.29) is 11.5 Å². The van der Waals surface area contributed by atoms with Gasteiger partial charge >= 0.3 is 5.69 Å². The number of anilines is 2. The van der Waals surface area contributed by atoms with Gasteiger partial charge in [0.2, 0.25) is 5.82 Å². The molecule has 22 heavy (non-hydrogen) atoms. The van der Waals surface area contributed by atoms with Crippen LogP contribution in [0.4, 0.5) is 17.3 Å². The van der Waals surface area contributed by atoms with Gasteiger partial charge in [-0.2, -0.15) is 0 Å². The number of nitro groups is 1. The third-order valence-electron chi connectivity index (χ3n) is 3.45. The largest absolute Gasteiger partial charge is 0.497 e. The number of nitrogens with two attached hydrogens (primary N) is 1. The van der Waals surface area contributed by atoms with E-state index in [0.29, 0.717) is 12.4 Å². The minimum absolute atomic E-state index is 0.0989. The van der Waals surface area contributed by atoms with Crippen LogP contribution >= 0.6 is 0 Å². The first kappa shape index (κ1) is 15.6. The van der Waals surface area contributed by atoms with E-state index in [2.05, 4.69) is 10.3 Å². The molecule has 0 radical (unpaired) electrons. The van der Waals surface area contributed by atoms with Crippen LogP contribution in [0.1, 0.15) is 16.7 Å². The lowest BCUT2D eigenvalue weighted by Crippen LogP contribution is -2.07. The lowest BCUT2D eigenvalue weighted by molar-refractivity contribution is -0.384. The summed E-state index contributed by atoms with van der Waals surface area (Å²) in [6, 6.07) is 6.81. The highest BCUT2D eigenvalue weighted by atomic mass is 16.6. The molecule has 7 heteroatoms. The van der Waals surface area contributed by atoms with Gasteiger partial charge in [-0.15, -0.1) is 0 Å². The van der Waals surface area contributed by atoms with Gasteiger partial charge in [0.15, 0.2) is 0 Å². The Labute approximate surface area is 128 Å². The predicted molar refractivity (Wildman–Crippen MR) is 85.1 cm³/mol. The maximum absolute atomic E-state index is 10.7. The fourth-order valence-electron chi connectivity index (χ4n) is 2.25. The molecule has 0 unspecified atom stereocenters. The van der Waals surface area contributed by atoms with Crippen LogP contribution in [0.5, 0.6) is 5.75 Å². The molecule has 0 amide bonds. The molecule has 0 atom stereocenters. The zero-order valence-electron chi connectivity index (χ0n) is 12.7. The van der Waals surface area contributed by atoms with Crippen molar-refractivity contribution in [2.45, 2.75) is 20.4 Å². The van der Waals surface area contributed by atoms with Crippen molar-refractivity contribution < 1.29 is 9.66 Å². The minimum Gasteiger partial charge on any atom is -0.497 e. The van der Waals surface area contributed by atoms with Crippen molar-refractivity contribution in [1.29, 1.82) is 0 Å². The number of aromatic nitrogens is 1. The van der Waals surface area contributed by atoms with Gasteiger partial charge in [0.25, 0.3) is 0 Å². The number of methoxy groups -OCH3 is 1. The summed E-state index contributed by atoms with van der Waals surface area (Å²) < 4.78 is 5.23. The maximum Gasteiger partial charge on any atom is 0.311 e. The van der Waals surface area contributed by atoms with Crippen LogP contribution in [0, 0.1) is 24.0 Å². The van der Waals surface area contributed by atoms with Crippen molar-refractivity contribution in [2.24, 2.45) is 0 Å². The van der Waals surface area contributed by atoms with Gasteiger partial charge in [0.05, 0.1) is 12.0 Å². The van der Waals surface area contributed by atoms with Crippen LogP contribution in [-0.2, 0) is 6.54 Å². The fraction of sp³-hybridized carbons (Fsp3) is 0.267. The van der Waals surface area contributed by atoms with E-state index in [9.17, 15) is 10.1 Å². The smallest absolute Gasteiger partial charge is 0.311 e. The third kappa shape index (κ3) is 3.25. The van der Waals surface area contributed by atoms with Crippen LogP contribution in [0.3, 0.4) is 0 Å². The zero-order chi connectivity index (χ0) is 16.3. The van der Waals surface area contributed by atoms with Gasteiger partial charge in [0.1, 0.15) is 11.6 Å². The topological polar surface area (TPSA) is 103 Å². The van der Waals surface area contributed by atoms with Crippen molar-refractivity contribution in [3.8, 4) is 5.75 Å². The van der Waals surface area contributed by atoms with E-state index in [1.54, 1.807) is 13.2 Å². The molecule has 7 nitrogen and oxygen atoms in total. The molecule has 1 aromatic heterocycles. The second-order valence-electron chi connectivity index (χ2n) is 4.95. The number of benzene rings is 1. The second-order valence-corrected chi connectivity index (χ2v) is 4.95. The molecule has 3 N–H and O–H groups in total. The second kappa shape index (κ2) is 6.30. The van der Waals surface area contributed by atoms with Crippen molar-refractivity contribution in [2.75, 3.05) is 18.2 Å². The average Bonchev–Trinajstić information content (AvgIpc) is 2.45. The van der Waals surface area contributed by atoms with Crippen LogP contribution < -0.4 is 15.8 Å². The number of nitrogen functional groups attached to an aromatic ring is 1. The maximum atomic E-state index is 10.7. The standard InChI is InChI=1S/C15H18N4O3/c1-9-6-11(22-3)7-10(2)12(9)8-17-14-5-4-13(19(20)21)15(16)18-14/h4-7H,8H2,1-3H3,(H3,16,17,18). The number of hydrogen-bond acceptors (Lipinski definition) is 6. The number of rotatable bonds is 5. The van der Waals surface area contributed by atoms with E-state index in [0.717, 1.165) is 22.4 Å². The molecule has 1 aromatic carbocycles. The minimum atomic E-state index is -0.552. The van der Waals surface area contributed by atoms with Gasteiger partial charge in [-0.25, -0.2) is 4.98 Å². The summed E-state index contributed by atoms with van der Waals surface area (Å²) >= 11 is 0. The molecule has 2 aromatic rings. The highest BCUT2D eigenvalue weighted by Crippen LogP contribution is 2.24. The Hall–Kier alpha value is -2.83. The number of hydrogen-bond donors (Lipinski definition) is 2. The monoisotopic (exact) mass is 302 g/mol. The first-order valence-electron chi connectivity index (χ1n) is 6.71. The first-order valence-corrected chi connectivity index (χ1v) is 6.71. The molecule has 0 saturated carbocycles. The van der Waals surface area contributed by atoms with Crippen molar-refractivity contribution in [1.82, 2.24) is 4.98 Å². The molecule has 116 valence electrons. The summed E-state index contributed by atoms with van der Waals surface area (Å²) in [5.41, 5.74) is 8.70. The highest BCUT2D eigenvalue weighted by molar-refractivity contribution is 5.57. The predicted octanol–water partition coefficient (Wildman–Crippen LogP) is 2.81. The summed E-state index contributed by atoms with van der Waals surface area (Å²) in [4.78, 5) is 14.2. The normalized spacial score (nSPS) is 10.3. The summed E-state index contributed by atoms with van der Waals surface area (Å²) in [7, 11) is 1.63. The Morgan fingerprint density at radius 1 is 1.32 bits per heavy atom. The van der Waals surface area contributed by atoms with Gasteiger partial charge in [-0.1, -0.05) is 0 Å². The van der Waals surface area contributed by atoms with Gasteiger partial charge in [-0.3, -0.25) is 10.1 Å². The molecule has 0 aliphatic carbocycles. The quantitative estimate of drug-likeness (QED) is 0.650. The molecule has 0 saturated heterocycles. The van der Waals surface area contributed by atoms with E-state index in [1.807, 2.05) is 26.0 Å². The fourth-order valence-corrected chi connectivity index (χ4v) is 2.25. The number of nitrogens with one attached hydrogen (secondary N) is 1. The Morgan fingerprint density at radius 3 is 2.45 bits per heavy atom. The van der Waals surface area contributed by atoms with E-state index < -0.39 is 4.92 Å². The molecule has 0 bridgehead atoms. The van der Waals surface area contributed by atoms with Crippen LogP contribution in [0.25, 0.3) is 0 Å². The summed E-state index contributed by atoms with van der Waals surface area (Å²) in [5, 5.41) is 13.8. The molecule has 1 heterocycles. The first-order chi connectivity index (χ1) is 10.4. The van der Waals surface area contributed by atoms with E-state index >= 15 is 0 Å². The van der Waals surface area contributed by atoms with Gasteiger partial charge in [-0.05, 0) is 48.7 Å². The zero-order valence-corrected chi connectivity index (χ0v) is 12.7. The molecule has 0 spiro atoms. The summed E-state index contributed by atoms with van der Waals surface area (Å²) in [6.45, 7) is 4.56. The molecule has 2 rings (SSSR count). The molecular formula is C15H18N4O3. The Balaban J connectivity index is 2.17. The van der Waals surface area contributed by atoms with Crippen LogP contribution in [0.2, 0.25) is 0 Å². The van der Waals surface area contributed by atoms with Crippen molar-refractivity contribution in [3.63, 3.8) is 0 Å². The van der Waals surface area contributed by atoms with Crippen molar-refractivity contribution >= 4 is 17.3 Å². The Kier molecular flexibility index (Phi) is 4.45. The van der Waals surface area contributed by atoms with Crippen LogP contribution in [0.15, 0.2) is 24.3 Å². The molecule has 0 aliphatic rings. The number of ether oxygens (including phenoxy) is 1. The lowest BCUT2D eigenvalue weighted by atomic mass is 10.0. The lowest BCUT2D eigenvalue weighted by Gasteiger charge is -2.13. The molecule has 0 aliphatic heterocycles. The van der Waals surface area contributed by atoms with E-state index in [1.165, 1.54) is 6.07 Å². The van der Waals surface area contributed by atoms with Gasteiger partial charge < -0.3 is 15.8 Å². The van der Waals surface area contributed by atoms with Gasteiger partial charge in [0, 0.05) is 12.6 Å². The van der Waals surface area contributed by atoms with Crippen LogP contribution in [-0.4, -0.2) is 17.0 Å². The summed E-state index contributed by atoms with van der Waals surface area (Å²) in [5.74, 6) is 1.22. The number of pyridine rings is 1. The summed E-state index contributed by atoms with van der Waals surface area (Å²) in [6.07, 6.45) is 0. The van der Waals surface area contributed by atoms with E-state index in [4.69, 9.17) is 10.5 Å². The Bertz CT molecular complexity index is 693. The van der Waals surface area contributed by atoms with Crippen molar-refractivity contribution in [3.05, 3.63) is 51.1 Å². The molecule has 0 fully saturated rings. The third-order valence-corrected chi connectivity index (χ3v) is 3.45. The average molecular weight is 302 g/mol. The SMILES string of the molecule is COc1cc(C)c(CNc2ccc([N+](=O)[O-])c(N)n2)c(C)c1.